The summed E-state index contributed by atoms with van der Waals surface area (Å²) in [6.07, 6.45) is 1.62. The molecule has 5 heteroatoms. The third-order valence-electron chi connectivity index (χ3n) is 3.40. The molecule has 1 amide bonds. The molecule has 0 N–H and O–H groups in total. The van der Waals surface area contributed by atoms with Gasteiger partial charge in [-0.3, -0.25) is 9.59 Å². The Labute approximate surface area is 116 Å². The summed E-state index contributed by atoms with van der Waals surface area (Å²) in [4.78, 5) is 25.5. The maximum Gasteiger partial charge on any atom is 0.237 e. The number of carbonyl (C=O) groups is 2. The molecule has 1 aromatic carbocycles. The molecule has 0 saturated carbocycles. The highest BCUT2D eigenvalue weighted by molar-refractivity contribution is 6.34. The van der Waals surface area contributed by atoms with Crippen LogP contribution in [0.25, 0.3) is 0 Å². The maximum atomic E-state index is 13.4. The van der Waals surface area contributed by atoms with Crippen LogP contribution in [0.3, 0.4) is 0 Å². The molecule has 3 nitrogen and oxygen atoms in total. The fourth-order valence-electron chi connectivity index (χ4n) is 2.36. The van der Waals surface area contributed by atoms with Crippen molar-refractivity contribution in [3.63, 3.8) is 0 Å². The summed E-state index contributed by atoms with van der Waals surface area (Å²) in [5, 5.41) is -0.0690. The van der Waals surface area contributed by atoms with Crippen molar-refractivity contribution >= 4 is 29.0 Å². The standard InChI is InChI=1S/C14H15ClFNO2/c1-2-12(18)9-5-4-8-17(14(9)19)11-7-3-6-10(16)13(11)15/h3,6-7,9H,2,4-5,8H2,1H3/t9-/m1/s1. The van der Waals surface area contributed by atoms with Crippen molar-refractivity contribution in [1.29, 1.82) is 0 Å². The summed E-state index contributed by atoms with van der Waals surface area (Å²) in [6.45, 7) is 2.21. The first-order valence-corrected chi connectivity index (χ1v) is 6.72. The molecule has 1 aliphatic rings. The first kappa shape index (κ1) is 14.0. The highest BCUT2D eigenvalue weighted by Crippen LogP contribution is 2.32. The van der Waals surface area contributed by atoms with E-state index in [1.807, 2.05) is 0 Å². The highest BCUT2D eigenvalue weighted by Gasteiger charge is 2.34. The lowest BCUT2D eigenvalue weighted by atomic mass is 9.91. The van der Waals surface area contributed by atoms with E-state index in [4.69, 9.17) is 11.6 Å². The van der Waals surface area contributed by atoms with E-state index in [9.17, 15) is 14.0 Å². The molecule has 0 unspecified atom stereocenters. The molecule has 1 aliphatic heterocycles. The van der Waals surface area contributed by atoms with E-state index >= 15 is 0 Å². The molecule has 1 saturated heterocycles. The number of benzene rings is 1. The van der Waals surface area contributed by atoms with Gasteiger partial charge in [0.2, 0.25) is 5.91 Å². The van der Waals surface area contributed by atoms with Crippen LogP contribution in [0.5, 0.6) is 0 Å². The van der Waals surface area contributed by atoms with E-state index in [-0.39, 0.29) is 16.7 Å². The molecule has 2 rings (SSSR count). The zero-order valence-corrected chi connectivity index (χ0v) is 11.4. The molecule has 102 valence electrons. The van der Waals surface area contributed by atoms with E-state index in [2.05, 4.69) is 0 Å². The summed E-state index contributed by atoms with van der Waals surface area (Å²) in [6, 6.07) is 4.35. The largest absolute Gasteiger partial charge is 0.310 e. The Morgan fingerprint density at radius 1 is 1.53 bits per heavy atom. The molecular formula is C14H15ClFNO2. The summed E-state index contributed by atoms with van der Waals surface area (Å²) < 4.78 is 13.4. The average molecular weight is 284 g/mol. The molecule has 1 aromatic rings. The van der Waals surface area contributed by atoms with Crippen LogP contribution in [0.1, 0.15) is 26.2 Å². The lowest BCUT2D eigenvalue weighted by Crippen LogP contribution is -2.44. The summed E-state index contributed by atoms with van der Waals surface area (Å²) in [7, 11) is 0. The number of hydrogen-bond donors (Lipinski definition) is 0. The van der Waals surface area contributed by atoms with E-state index in [1.165, 1.54) is 17.0 Å². The summed E-state index contributed by atoms with van der Waals surface area (Å²) in [5.74, 6) is -1.51. The van der Waals surface area contributed by atoms with Crippen molar-refractivity contribution in [2.75, 3.05) is 11.4 Å². The Morgan fingerprint density at radius 2 is 2.26 bits per heavy atom. The minimum atomic E-state index is -0.613. The van der Waals surface area contributed by atoms with Gasteiger partial charge in [-0.1, -0.05) is 24.6 Å². The van der Waals surface area contributed by atoms with Gasteiger partial charge in [-0.15, -0.1) is 0 Å². The van der Waals surface area contributed by atoms with Crippen LogP contribution in [0.4, 0.5) is 10.1 Å². The molecule has 1 fully saturated rings. The average Bonchev–Trinajstić information content (AvgIpc) is 2.42. The second-order valence-electron chi connectivity index (χ2n) is 4.58. The van der Waals surface area contributed by atoms with Crippen molar-refractivity contribution in [3.8, 4) is 0 Å². The zero-order valence-electron chi connectivity index (χ0n) is 10.7. The van der Waals surface area contributed by atoms with E-state index in [0.717, 1.165) is 6.42 Å². The fraction of sp³-hybridized carbons (Fsp3) is 0.429. The molecule has 1 heterocycles. The second kappa shape index (κ2) is 5.70. The Morgan fingerprint density at radius 3 is 2.95 bits per heavy atom. The first-order chi connectivity index (χ1) is 9.06. The Balaban J connectivity index is 2.32. The molecule has 0 radical (unpaired) electrons. The Bertz CT molecular complexity index is 518. The van der Waals surface area contributed by atoms with Crippen molar-refractivity contribution < 1.29 is 14.0 Å². The van der Waals surface area contributed by atoms with Crippen molar-refractivity contribution in [2.24, 2.45) is 5.92 Å². The van der Waals surface area contributed by atoms with Crippen LogP contribution in [0.15, 0.2) is 18.2 Å². The number of nitrogens with zero attached hydrogens (tertiary/aromatic N) is 1. The fourth-order valence-corrected chi connectivity index (χ4v) is 2.59. The van der Waals surface area contributed by atoms with E-state index < -0.39 is 11.7 Å². The predicted octanol–water partition coefficient (Wildman–Crippen LogP) is 3.20. The summed E-state index contributed by atoms with van der Waals surface area (Å²) in [5.41, 5.74) is 0.347. The molecule has 19 heavy (non-hydrogen) atoms. The van der Waals surface area contributed by atoms with Gasteiger partial charge in [0.25, 0.3) is 0 Å². The van der Waals surface area contributed by atoms with Crippen LogP contribution in [-0.4, -0.2) is 18.2 Å². The number of ketones is 1. The topological polar surface area (TPSA) is 37.4 Å². The smallest absolute Gasteiger partial charge is 0.237 e. The molecule has 0 spiro atoms. The van der Waals surface area contributed by atoms with Gasteiger partial charge >= 0.3 is 0 Å². The molecule has 0 bridgehead atoms. The number of amides is 1. The van der Waals surface area contributed by atoms with Gasteiger partial charge in [0.1, 0.15) is 16.6 Å². The predicted molar refractivity (Wildman–Crippen MR) is 71.8 cm³/mol. The number of rotatable bonds is 3. The summed E-state index contributed by atoms with van der Waals surface area (Å²) >= 11 is 5.90. The third-order valence-corrected chi connectivity index (χ3v) is 3.77. The SMILES string of the molecule is CCC(=O)[C@H]1CCCN(c2cccc(F)c2Cl)C1=O. The van der Waals surface area contributed by atoms with Crippen LogP contribution >= 0.6 is 11.6 Å². The maximum absolute atomic E-state index is 13.4. The normalized spacial score (nSPS) is 19.6. The van der Waals surface area contributed by atoms with Gasteiger partial charge in [-0.2, -0.15) is 0 Å². The van der Waals surface area contributed by atoms with Gasteiger partial charge < -0.3 is 4.90 Å². The minimum Gasteiger partial charge on any atom is -0.310 e. The monoisotopic (exact) mass is 283 g/mol. The molecule has 0 aliphatic carbocycles. The van der Waals surface area contributed by atoms with Gasteiger partial charge in [0.15, 0.2) is 0 Å². The quantitative estimate of drug-likeness (QED) is 0.799. The second-order valence-corrected chi connectivity index (χ2v) is 4.96. The zero-order chi connectivity index (χ0) is 14.0. The van der Waals surface area contributed by atoms with Crippen molar-refractivity contribution in [2.45, 2.75) is 26.2 Å². The molecular weight excluding hydrogens is 269 g/mol. The van der Waals surface area contributed by atoms with Crippen LogP contribution in [0.2, 0.25) is 5.02 Å². The Hall–Kier alpha value is -1.42. The number of Topliss-reactive ketones (excluding diaryl/α,β-unsaturated/α-hetero) is 1. The van der Waals surface area contributed by atoms with E-state index in [1.54, 1.807) is 13.0 Å². The van der Waals surface area contributed by atoms with Gasteiger partial charge in [-0.25, -0.2) is 4.39 Å². The lowest BCUT2D eigenvalue weighted by Gasteiger charge is -2.32. The number of halogens is 2. The highest BCUT2D eigenvalue weighted by atomic mass is 35.5. The van der Waals surface area contributed by atoms with Crippen LogP contribution < -0.4 is 4.90 Å². The number of hydrogen-bond acceptors (Lipinski definition) is 2. The van der Waals surface area contributed by atoms with Gasteiger partial charge in [0, 0.05) is 13.0 Å². The molecule has 0 aromatic heterocycles. The van der Waals surface area contributed by atoms with Crippen molar-refractivity contribution in [3.05, 3.63) is 29.0 Å². The van der Waals surface area contributed by atoms with Gasteiger partial charge in [-0.05, 0) is 25.0 Å². The van der Waals surface area contributed by atoms with E-state index in [0.29, 0.717) is 25.1 Å². The Kier molecular flexibility index (Phi) is 4.20. The molecule has 1 atom stereocenters. The number of carbonyl (C=O) groups excluding carboxylic acids is 2. The van der Waals surface area contributed by atoms with Crippen molar-refractivity contribution in [1.82, 2.24) is 0 Å². The minimum absolute atomic E-state index is 0.0674. The number of anilines is 1. The third kappa shape index (κ3) is 2.63. The van der Waals surface area contributed by atoms with Crippen LogP contribution in [-0.2, 0) is 9.59 Å². The lowest BCUT2D eigenvalue weighted by molar-refractivity contribution is -0.133. The van der Waals surface area contributed by atoms with Gasteiger partial charge in [0.05, 0.1) is 11.6 Å². The first-order valence-electron chi connectivity index (χ1n) is 6.34. The van der Waals surface area contributed by atoms with Crippen LogP contribution in [0, 0.1) is 11.7 Å². The number of piperidine rings is 1.